The number of nitrogens with two attached hydrogens (primary N) is 1. The largest absolute Gasteiger partial charge is 0.396 e. The molecule has 0 saturated heterocycles. The van der Waals surface area contributed by atoms with E-state index in [4.69, 9.17) is 15.7 Å². The zero-order valence-electron chi connectivity index (χ0n) is 8.72. The predicted octanol–water partition coefficient (Wildman–Crippen LogP) is 1.05. The van der Waals surface area contributed by atoms with Crippen LogP contribution in [0.3, 0.4) is 0 Å². The minimum atomic E-state index is -0.425. The molecule has 0 aliphatic rings. The summed E-state index contributed by atoms with van der Waals surface area (Å²) in [6.45, 7) is 2.58. The van der Waals surface area contributed by atoms with Gasteiger partial charge in [0.05, 0.1) is 18.9 Å². The molecule has 0 aromatic carbocycles. The Bertz CT molecular complexity index is 170. The molecule has 4 heteroatoms. The molecular weight excluding hydrogens is 180 g/mol. The van der Waals surface area contributed by atoms with E-state index in [0.717, 1.165) is 12.8 Å². The fourth-order valence-corrected chi connectivity index (χ4v) is 0.744. The maximum Gasteiger partial charge on any atom is 0.120 e. The molecular formula is C10H20N2O2. The molecule has 0 aliphatic carbocycles. The maximum atomic E-state index is 8.55. The molecule has 14 heavy (non-hydrogen) atoms. The first-order valence-electron chi connectivity index (χ1n) is 4.98. The van der Waals surface area contributed by atoms with Gasteiger partial charge in [-0.2, -0.15) is 0 Å². The number of unbranched alkanes of at least 4 members (excludes halogenated alkanes) is 1. The molecule has 0 radical (unpaired) electrons. The Morgan fingerprint density at radius 2 is 2.14 bits per heavy atom. The Balaban J connectivity index is 3.24. The first kappa shape index (κ1) is 13.1. The van der Waals surface area contributed by atoms with Gasteiger partial charge >= 0.3 is 0 Å². The van der Waals surface area contributed by atoms with Crippen molar-refractivity contribution in [3.8, 4) is 0 Å². The molecule has 0 rings (SSSR count). The van der Waals surface area contributed by atoms with E-state index in [1.807, 2.05) is 0 Å². The van der Waals surface area contributed by atoms with Crippen LogP contribution in [-0.4, -0.2) is 30.6 Å². The highest BCUT2D eigenvalue weighted by molar-refractivity contribution is 5.63. The molecule has 82 valence electrons. The third-order valence-electron chi connectivity index (χ3n) is 1.54. The van der Waals surface area contributed by atoms with Gasteiger partial charge in [0.1, 0.15) is 6.61 Å². The summed E-state index contributed by atoms with van der Waals surface area (Å²) >= 11 is 0. The Hall–Kier alpha value is -0.870. The monoisotopic (exact) mass is 200 g/mol. The third kappa shape index (κ3) is 9.22. The molecule has 0 saturated carbocycles. The van der Waals surface area contributed by atoms with Crippen molar-refractivity contribution in [1.29, 1.82) is 0 Å². The summed E-state index contributed by atoms with van der Waals surface area (Å²) in [7, 11) is 0. The van der Waals surface area contributed by atoms with Crippen LogP contribution < -0.4 is 5.73 Å². The maximum absolute atomic E-state index is 8.55. The Labute approximate surface area is 85.4 Å². The topological polar surface area (TPSA) is 67.8 Å². The van der Waals surface area contributed by atoms with Crippen molar-refractivity contribution in [1.82, 2.24) is 0 Å². The van der Waals surface area contributed by atoms with Crippen LogP contribution in [0.2, 0.25) is 0 Å². The molecule has 0 fully saturated rings. The van der Waals surface area contributed by atoms with Gasteiger partial charge in [-0.05, 0) is 6.42 Å². The Morgan fingerprint density at radius 1 is 1.43 bits per heavy atom. The van der Waals surface area contributed by atoms with Gasteiger partial charge in [0.15, 0.2) is 0 Å². The van der Waals surface area contributed by atoms with Crippen LogP contribution in [0.1, 0.15) is 26.2 Å². The summed E-state index contributed by atoms with van der Waals surface area (Å²) in [6.07, 6.45) is 8.73. The third-order valence-corrected chi connectivity index (χ3v) is 1.54. The fourth-order valence-electron chi connectivity index (χ4n) is 0.744. The van der Waals surface area contributed by atoms with Gasteiger partial charge in [0, 0.05) is 6.42 Å². The average molecular weight is 200 g/mol. The van der Waals surface area contributed by atoms with Crippen LogP contribution in [-0.2, 0) is 4.84 Å². The molecule has 3 N–H and O–H groups in total. The first-order valence-corrected chi connectivity index (χ1v) is 4.98. The number of allylic oxidation sites excluding steroid dienone is 1. The Kier molecular flexibility index (Phi) is 9.58. The van der Waals surface area contributed by atoms with E-state index in [1.54, 1.807) is 0 Å². The number of rotatable bonds is 8. The minimum absolute atomic E-state index is 0.108. The second-order valence-electron chi connectivity index (χ2n) is 2.98. The van der Waals surface area contributed by atoms with Crippen LogP contribution in [0.15, 0.2) is 17.3 Å². The number of aliphatic hydroxyl groups excluding tert-OH is 1. The summed E-state index contributed by atoms with van der Waals surface area (Å²) in [5, 5.41) is 12.2. The van der Waals surface area contributed by atoms with Crippen LogP contribution in [0, 0.1) is 0 Å². The highest BCUT2D eigenvalue weighted by Gasteiger charge is 1.92. The summed E-state index contributed by atoms with van der Waals surface area (Å²) in [5.74, 6) is 0. The zero-order chi connectivity index (χ0) is 10.6. The second kappa shape index (κ2) is 10.2. The van der Waals surface area contributed by atoms with Gasteiger partial charge in [-0.1, -0.05) is 30.7 Å². The quantitative estimate of drug-likeness (QED) is 0.266. The molecule has 4 nitrogen and oxygen atoms in total. The van der Waals surface area contributed by atoms with E-state index in [0.29, 0.717) is 6.61 Å². The highest BCUT2D eigenvalue weighted by atomic mass is 16.6. The molecule has 0 bridgehead atoms. The van der Waals surface area contributed by atoms with Crippen molar-refractivity contribution in [2.75, 3.05) is 13.2 Å². The zero-order valence-corrected chi connectivity index (χ0v) is 8.72. The smallest absolute Gasteiger partial charge is 0.120 e. The minimum Gasteiger partial charge on any atom is -0.396 e. The molecule has 1 unspecified atom stereocenters. The molecule has 0 aliphatic heterocycles. The predicted molar refractivity (Wildman–Crippen MR) is 58.2 cm³/mol. The van der Waals surface area contributed by atoms with E-state index in [9.17, 15) is 0 Å². The first-order chi connectivity index (χ1) is 6.81. The van der Waals surface area contributed by atoms with Crippen molar-refractivity contribution in [2.24, 2.45) is 10.9 Å². The standard InChI is InChI=1S/C10H20N2O2/c1-2-3-4-5-6-7-14-12-8-10(11)9-13/h4-5,8,10,13H,2-3,6-7,9,11H2,1H3/b5-4+,12-8+. The van der Waals surface area contributed by atoms with E-state index in [2.05, 4.69) is 24.2 Å². The molecule has 0 heterocycles. The lowest BCUT2D eigenvalue weighted by Crippen LogP contribution is -2.25. The lowest BCUT2D eigenvalue weighted by Gasteiger charge is -1.99. The van der Waals surface area contributed by atoms with E-state index in [1.165, 1.54) is 12.6 Å². The lowest BCUT2D eigenvalue weighted by molar-refractivity contribution is 0.149. The van der Waals surface area contributed by atoms with Crippen molar-refractivity contribution < 1.29 is 9.94 Å². The van der Waals surface area contributed by atoms with E-state index >= 15 is 0 Å². The van der Waals surface area contributed by atoms with Gasteiger partial charge in [0.2, 0.25) is 0 Å². The molecule has 0 amide bonds. The van der Waals surface area contributed by atoms with E-state index in [-0.39, 0.29) is 6.61 Å². The number of nitrogens with zero attached hydrogens (tertiary/aromatic N) is 1. The lowest BCUT2D eigenvalue weighted by atomic mass is 10.3. The van der Waals surface area contributed by atoms with Gasteiger partial charge in [-0.15, -0.1) is 0 Å². The van der Waals surface area contributed by atoms with Crippen molar-refractivity contribution in [2.45, 2.75) is 32.2 Å². The molecule has 1 atom stereocenters. The van der Waals surface area contributed by atoms with Crippen LogP contribution in [0.5, 0.6) is 0 Å². The highest BCUT2D eigenvalue weighted by Crippen LogP contribution is 1.91. The van der Waals surface area contributed by atoms with Crippen molar-refractivity contribution in [3.63, 3.8) is 0 Å². The molecule has 0 spiro atoms. The average Bonchev–Trinajstić information content (AvgIpc) is 2.21. The number of oxime groups is 1. The Morgan fingerprint density at radius 3 is 2.79 bits per heavy atom. The van der Waals surface area contributed by atoms with Crippen molar-refractivity contribution >= 4 is 6.21 Å². The SMILES string of the molecule is CCC/C=C/CCO/N=C/C(N)CO. The normalized spacial score (nSPS) is 13.9. The van der Waals surface area contributed by atoms with Gasteiger partial charge < -0.3 is 15.7 Å². The van der Waals surface area contributed by atoms with Crippen LogP contribution in [0.4, 0.5) is 0 Å². The molecule has 0 aromatic heterocycles. The molecule has 0 aromatic rings. The summed E-state index contributed by atoms with van der Waals surface area (Å²) < 4.78 is 0. The van der Waals surface area contributed by atoms with Gasteiger partial charge in [-0.3, -0.25) is 0 Å². The summed E-state index contributed by atoms with van der Waals surface area (Å²) in [4.78, 5) is 4.91. The van der Waals surface area contributed by atoms with E-state index < -0.39 is 6.04 Å². The summed E-state index contributed by atoms with van der Waals surface area (Å²) in [6, 6.07) is -0.425. The second-order valence-corrected chi connectivity index (χ2v) is 2.98. The number of aliphatic hydroxyl groups is 1. The van der Waals surface area contributed by atoms with Crippen LogP contribution >= 0.6 is 0 Å². The number of hydrogen-bond donors (Lipinski definition) is 2. The number of hydrogen-bond acceptors (Lipinski definition) is 4. The summed E-state index contributed by atoms with van der Waals surface area (Å²) in [5.41, 5.74) is 5.36. The van der Waals surface area contributed by atoms with Crippen LogP contribution in [0.25, 0.3) is 0 Å². The fraction of sp³-hybridized carbons (Fsp3) is 0.700. The van der Waals surface area contributed by atoms with Gasteiger partial charge in [0.25, 0.3) is 0 Å². The van der Waals surface area contributed by atoms with Gasteiger partial charge in [-0.25, -0.2) is 0 Å². The van der Waals surface area contributed by atoms with Crippen molar-refractivity contribution in [3.05, 3.63) is 12.2 Å².